The molecule has 0 atom stereocenters. The smallest absolute Gasteiger partial charge is 0.259 e. The number of carbonyl (C=O) groups excluding carboxylic acids is 2. The molecule has 1 heterocycles. The van der Waals surface area contributed by atoms with Crippen LogP contribution < -0.4 is 15.4 Å². The minimum Gasteiger partial charge on any atom is -0.497 e. The molecule has 1 aliphatic heterocycles. The minimum absolute atomic E-state index is 0.00241. The van der Waals surface area contributed by atoms with Crippen molar-refractivity contribution in [3.8, 4) is 5.75 Å². The second-order valence-electron chi connectivity index (χ2n) is 5.61. The normalized spacial score (nSPS) is 14.1. The van der Waals surface area contributed by atoms with E-state index in [0.717, 1.165) is 0 Å². The van der Waals surface area contributed by atoms with Crippen LogP contribution in [0.3, 0.4) is 0 Å². The van der Waals surface area contributed by atoms with Crippen LogP contribution in [0.15, 0.2) is 36.4 Å². The van der Waals surface area contributed by atoms with Crippen LogP contribution in [-0.4, -0.2) is 25.3 Å². The number of hydrogen-bond acceptors (Lipinski definition) is 4. The summed E-state index contributed by atoms with van der Waals surface area (Å²) in [5.74, 6) is 0.339. The van der Waals surface area contributed by atoms with Crippen molar-refractivity contribution >= 4 is 34.7 Å². The van der Waals surface area contributed by atoms with Crippen LogP contribution >= 0.6 is 11.6 Å². The zero-order valence-electron chi connectivity index (χ0n) is 13.2. The first-order valence-corrected chi connectivity index (χ1v) is 7.97. The number of amides is 1. The maximum Gasteiger partial charge on any atom is 0.259 e. The summed E-state index contributed by atoms with van der Waals surface area (Å²) in [6.45, 7) is 0.449. The van der Waals surface area contributed by atoms with E-state index in [4.69, 9.17) is 22.1 Å². The van der Waals surface area contributed by atoms with Gasteiger partial charge in [0.05, 0.1) is 23.4 Å². The Bertz CT molecular complexity index is 820. The Labute approximate surface area is 145 Å². The van der Waals surface area contributed by atoms with Crippen molar-refractivity contribution in [2.75, 3.05) is 24.3 Å². The molecule has 1 aliphatic rings. The standard InChI is InChI=1S/C18H17ClN2O3/c1-24-12-5-7-16-14(10-12)17(22)3-2-8-21(16)18(23)13-6-4-11(20)9-15(13)19/h4-7,9-10H,2-3,8,20H2,1H3. The number of ether oxygens (including phenoxy) is 1. The number of ketones is 1. The van der Waals surface area contributed by atoms with Crippen molar-refractivity contribution in [3.05, 3.63) is 52.5 Å². The number of Topliss-reactive ketones (excluding diaryl/α,β-unsaturated/α-hetero) is 1. The van der Waals surface area contributed by atoms with Crippen molar-refractivity contribution in [1.82, 2.24) is 0 Å². The van der Waals surface area contributed by atoms with E-state index in [0.29, 0.717) is 52.7 Å². The number of nitrogens with two attached hydrogens (primary N) is 1. The summed E-state index contributed by atoms with van der Waals surface area (Å²) in [5, 5.41) is 0.297. The molecular weight excluding hydrogens is 328 g/mol. The molecule has 6 heteroatoms. The summed E-state index contributed by atoms with van der Waals surface area (Å²) in [7, 11) is 1.54. The Morgan fingerprint density at radius 3 is 2.75 bits per heavy atom. The molecule has 0 radical (unpaired) electrons. The molecule has 2 aromatic carbocycles. The molecule has 3 rings (SSSR count). The zero-order valence-corrected chi connectivity index (χ0v) is 14.0. The predicted octanol–water partition coefficient (Wildman–Crippen LogP) is 3.55. The van der Waals surface area contributed by atoms with Crippen molar-refractivity contribution in [1.29, 1.82) is 0 Å². The van der Waals surface area contributed by atoms with Gasteiger partial charge in [0.25, 0.3) is 5.91 Å². The third-order valence-corrected chi connectivity index (χ3v) is 4.36. The van der Waals surface area contributed by atoms with Crippen LogP contribution in [0.1, 0.15) is 33.6 Å². The molecule has 0 spiro atoms. The number of nitrogens with zero attached hydrogens (tertiary/aromatic N) is 1. The molecule has 5 nitrogen and oxygen atoms in total. The van der Waals surface area contributed by atoms with Crippen LogP contribution in [0.5, 0.6) is 5.75 Å². The average Bonchev–Trinajstić information content (AvgIpc) is 2.73. The lowest BCUT2D eigenvalue weighted by Gasteiger charge is -2.23. The van der Waals surface area contributed by atoms with E-state index in [2.05, 4.69) is 0 Å². The Kier molecular flexibility index (Phi) is 4.44. The van der Waals surface area contributed by atoms with Gasteiger partial charge in [0, 0.05) is 24.2 Å². The summed E-state index contributed by atoms with van der Waals surface area (Å²) < 4.78 is 5.19. The van der Waals surface area contributed by atoms with Crippen molar-refractivity contribution in [2.45, 2.75) is 12.8 Å². The van der Waals surface area contributed by atoms with Gasteiger partial charge in [-0.3, -0.25) is 9.59 Å². The Hall–Kier alpha value is -2.53. The number of nitrogen functional groups attached to an aromatic ring is 1. The molecule has 2 aromatic rings. The highest BCUT2D eigenvalue weighted by atomic mass is 35.5. The number of methoxy groups -OCH3 is 1. The lowest BCUT2D eigenvalue weighted by molar-refractivity contribution is 0.0973. The van der Waals surface area contributed by atoms with E-state index in [9.17, 15) is 9.59 Å². The second-order valence-corrected chi connectivity index (χ2v) is 6.01. The molecule has 0 fully saturated rings. The van der Waals surface area contributed by atoms with Gasteiger partial charge in [-0.05, 0) is 42.8 Å². The van der Waals surface area contributed by atoms with E-state index in [-0.39, 0.29) is 11.7 Å². The number of anilines is 2. The van der Waals surface area contributed by atoms with E-state index in [1.807, 2.05) is 0 Å². The zero-order chi connectivity index (χ0) is 17.3. The van der Waals surface area contributed by atoms with Crippen molar-refractivity contribution in [3.63, 3.8) is 0 Å². The van der Waals surface area contributed by atoms with Gasteiger partial charge >= 0.3 is 0 Å². The summed E-state index contributed by atoms with van der Waals surface area (Å²) in [6, 6.07) is 9.94. The SMILES string of the molecule is COc1ccc2c(c1)C(=O)CCCN2C(=O)c1ccc(N)cc1Cl. The second kappa shape index (κ2) is 6.53. The number of halogens is 1. The first kappa shape index (κ1) is 16.3. The van der Waals surface area contributed by atoms with Crippen LogP contribution in [0, 0.1) is 0 Å². The molecular formula is C18H17ClN2O3. The summed E-state index contributed by atoms with van der Waals surface area (Å²) in [4.78, 5) is 26.9. The fourth-order valence-electron chi connectivity index (χ4n) is 2.81. The summed E-state index contributed by atoms with van der Waals surface area (Å²) >= 11 is 6.17. The molecule has 2 N–H and O–H groups in total. The Morgan fingerprint density at radius 1 is 1.25 bits per heavy atom. The minimum atomic E-state index is -0.249. The molecule has 0 saturated carbocycles. The van der Waals surface area contributed by atoms with E-state index in [1.165, 1.54) is 0 Å². The largest absolute Gasteiger partial charge is 0.497 e. The van der Waals surface area contributed by atoms with Crippen LogP contribution in [0.4, 0.5) is 11.4 Å². The fourth-order valence-corrected chi connectivity index (χ4v) is 3.08. The number of rotatable bonds is 2. The third kappa shape index (κ3) is 2.95. The molecule has 0 aromatic heterocycles. The topological polar surface area (TPSA) is 72.6 Å². The molecule has 0 bridgehead atoms. The lowest BCUT2D eigenvalue weighted by Crippen LogP contribution is -2.32. The number of fused-ring (bicyclic) bond motifs is 1. The van der Waals surface area contributed by atoms with Crippen LogP contribution in [-0.2, 0) is 0 Å². The van der Waals surface area contributed by atoms with Crippen LogP contribution in [0.25, 0.3) is 0 Å². The van der Waals surface area contributed by atoms with Crippen LogP contribution in [0.2, 0.25) is 5.02 Å². The highest BCUT2D eigenvalue weighted by molar-refractivity contribution is 6.35. The van der Waals surface area contributed by atoms with Gasteiger partial charge in [-0.25, -0.2) is 0 Å². The number of hydrogen-bond donors (Lipinski definition) is 1. The van der Waals surface area contributed by atoms with Gasteiger partial charge in [0.1, 0.15) is 5.75 Å². The van der Waals surface area contributed by atoms with Gasteiger partial charge in [0.2, 0.25) is 0 Å². The van der Waals surface area contributed by atoms with E-state index < -0.39 is 0 Å². The highest BCUT2D eigenvalue weighted by Crippen LogP contribution is 2.32. The quantitative estimate of drug-likeness (QED) is 0.845. The highest BCUT2D eigenvalue weighted by Gasteiger charge is 2.27. The van der Waals surface area contributed by atoms with Crippen molar-refractivity contribution in [2.24, 2.45) is 0 Å². The number of benzene rings is 2. The monoisotopic (exact) mass is 344 g/mol. The Morgan fingerprint density at radius 2 is 2.04 bits per heavy atom. The van der Waals surface area contributed by atoms with Gasteiger partial charge in [0.15, 0.2) is 5.78 Å². The molecule has 0 unspecified atom stereocenters. The third-order valence-electron chi connectivity index (χ3n) is 4.05. The first-order chi connectivity index (χ1) is 11.5. The van der Waals surface area contributed by atoms with E-state index in [1.54, 1.807) is 48.4 Å². The first-order valence-electron chi connectivity index (χ1n) is 7.59. The van der Waals surface area contributed by atoms with Gasteiger partial charge in [-0.1, -0.05) is 11.6 Å². The molecule has 124 valence electrons. The predicted molar refractivity (Wildman–Crippen MR) is 94.1 cm³/mol. The van der Waals surface area contributed by atoms with E-state index >= 15 is 0 Å². The van der Waals surface area contributed by atoms with Gasteiger partial charge in [-0.15, -0.1) is 0 Å². The molecule has 1 amide bonds. The molecule has 24 heavy (non-hydrogen) atoms. The van der Waals surface area contributed by atoms with Gasteiger partial charge < -0.3 is 15.4 Å². The summed E-state index contributed by atoms with van der Waals surface area (Å²) in [6.07, 6.45) is 0.980. The lowest BCUT2D eigenvalue weighted by atomic mass is 10.1. The fraction of sp³-hybridized carbons (Fsp3) is 0.222. The van der Waals surface area contributed by atoms with Gasteiger partial charge in [-0.2, -0.15) is 0 Å². The summed E-state index contributed by atoms with van der Waals surface area (Å²) in [5.41, 5.74) is 7.62. The van der Waals surface area contributed by atoms with Crippen molar-refractivity contribution < 1.29 is 14.3 Å². The molecule has 0 aliphatic carbocycles. The number of carbonyl (C=O) groups is 2. The maximum atomic E-state index is 13.0. The Balaban J connectivity index is 2.06. The average molecular weight is 345 g/mol. The molecule has 0 saturated heterocycles. The maximum absolute atomic E-state index is 13.0.